The number of nitro benzene ring substituents is 1. The highest BCUT2D eigenvalue weighted by Gasteiger charge is 2.18. The number of fused-ring (bicyclic) bond motifs is 2. The smallest absolute Gasteiger partial charge is 0.420 e. The van der Waals surface area contributed by atoms with Gasteiger partial charge in [0, 0.05) is 11.5 Å². The number of carbonyl (C=O) groups excluding carboxylic acids is 1. The number of nitrogens with one attached hydrogen (secondary N) is 1. The number of non-ortho nitro benzene ring substituents is 1. The highest BCUT2D eigenvalue weighted by molar-refractivity contribution is 5.81. The van der Waals surface area contributed by atoms with Crippen LogP contribution >= 0.6 is 0 Å². The third-order valence-electron chi connectivity index (χ3n) is 4.41. The van der Waals surface area contributed by atoms with Crippen LogP contribution in [0.3, 0.4) is 0 Å². The van der Waals surface area contributed by atoms with Gasteiger partial charge in [0.05, 0.1) is 22.5 Å². The van der Waals surface area contributed by atoms with Crippen molar-refractivity contribution in [3.8, 4) is 0 Å². The average molecular weight is 381 g/mol. The fourth-order valence-corrected chi connectivity index (χ4v) is 3.04. The van der Waals surface area contributed by atoms with E-state index >= 15 is 0 Å². The lowest BCUT2D eigenvalue weighted by Crippen LogP contribution is -2.32. The van der Waals surface area contributed by atoms with Crippen molar-refractivity contribution in [1.29, 1.82) is 0 Å². The van der Waals surface area contributed by atoms with Gasteiger partial charge in [-0.3, -0.25) is 19.5 Å². The maximum absolute atomic E-state index is 12.4. The van der Waals surface area contributed by atoms with Crippen LogP contribution in [0.25, 0.3) is 22.1 Å². The van der Waals surface area contributed by atoms with Gasteiger partial charge in [-0.15, -0.1) is 0 Å². The molecule has 2 aromatic heterocycles. The van der Waals surface area contributed by atoms with E-state index in [-0.39, 0.29) is 17.8 Å². The number of aromatic nitrogens is 1. The van der Waals surface area contributed by atoms with Crippen LogP contribution in [0.2, 0.25) is 0 Å². The summed E-state index contributed by atoms with van der Waals surface area (Å²) in [6.45, 7) is 1.49. The Bertz CT molecular complexity index is 1230. The number of rotatable bonds is 5. The molecule has 28 heavy (non-hydrogen) atoms. The van der Waals surface area contributed by atoms with E-state index in [0.29, 0.717) is 11.3 Å². The molecule has 0 radical (unpaired) electrons. The quantitative estimate of drug-likeness (QED) is 0.419. The first-order valence-corrected chi connectivity index (χ1v) is 8.48. The zero-order chi connectivity index (χ0) is 19.8. The Balaban J connectivity index is 1.54. The Hall–Kier alpha value is -3.88. The largest absolute Gasteiger partial charge is 0.459 e. The fourth-order valence-electron chi connectivity index (χ4n) is 3.04. The van der Waals surface area contributed by atoms with Gasteiger partial charge in [-0.05, 0) is 25.1 Å². The zero-order valence-corrected chi connectivity index (χ0v) is 14.7. The Kier molecular flexibility index (Phi) is 4.19. The molecule has 142 valence electrons. The Morgan fingerprint density at radius 3 is 2.71 bits per heavy atom. The number of carbonyl (C=O) groups is 1. The molecule has 0 aliphatic carbocycles. The predicted molar refractivity (Wildman–Crippen MR) is 99.9 cm³/mol. The van der Waals surface area contributed by atoms with Crippen LogP contribution < -0.4 is 11.1 Å². The molecule has 4 aromatic rings. The first-order chi connectivity index (χ1) is 13.4. The fraction of sp³-hybridized carbons (Fsp3) is 0.158. The summed E-state index contributed by atoms with van der Waals surface area (Å²) >= 11 is 0. The third-order valence-corrected chi connectivity index (χ3v) is 4.41. The summed E-state index contributed by atoms with van der Waals surface area (Å²) in [4.78, 5) is 34.7. The molecule has 9 heteroatoms. The SMILES string of the molecule is C[C@H](NC(=O)Cn1c(=O)oc2cc([N+](=O)[O-])ccc21)c1cc2ccccc2o1. The van der Waals surface area contributed by atoms with E-state index in [4.69, 9.17) is 8.83 Å². The molecule has 0 bridgehead atoms. The molecule has 0 spiro atoms. The summed E-state index contributed by atoms with van der Waals surface area (Å²) in [5, 5.41) is 14.5. The minimum Gasteiger partial charge on any atom is -0.459 e. The second kappa shape index (κ2) is 6.69. The van der Waals surface area contributed by atoms with Crippen molar-refractivity contribution in [3.05, 3.63) is 75.0 Å². The summed E-state index contributed by atoms with van der Waals surface area (Å²) in [7, 11) is 0. The van der Waals surface area contributed by atoms with E-state index in [1.807, 2.05) is 30.3 Å². The maximum Gasteiger partial charge on any atom is 0.420 e. The van der Waals surface area contributed by atoms with Crippen molar-refractivity contribution in [3.63, 3.8) is 0 Å². The number of nitro groups is 1. The van der Waals surface area contributed by atoms with Crippen LogP contribution in [-0.2, 0) is 11.3 Å². The zero-order valence-electron chi connectivity index (χ0n) is 14.7. The molecular formula is C19H15N3O6. The number of hydrogen-bond donors (Lipinski definition) is 1. The summed E-state index contributed by atoms with van der Waals surface area (Å²) in [6.07, 6.45) is 0. The highest BCUT2D eigenvalue weighted by atomic mass is 16.6. The van der Waals surface area contributed by atoms with E-state index in [9.17, 15) is 19.7 Å². The number of oxazole rings is 1. The highest BCUT2D eigenvalue weighted by Crippen LogP contribution is 2.24. The monoisotopic (exact) mass is 381 g/mol. The lowest BCUT2D eigenvalue weighted by atomic mass is 10.2. The van der Waals surface area contributed by atoms with Crippen molar-refractivity contribution in [2.24, 2.45) is 0 Å². The average Bonchev–Trinajstić information content (AvgIpc) is 3.22. The van der Waals surface area contributed by atoms with Gasteiger partial charge in [-0.2, -0.15) is 0 Å². The van der Waals surface area contributed by atoms with Crippen LogP contribution in [0, 0.1) is 10.1 Å². The molecule has 0 aliphatic rings. The second-order valence-corrected chi connectivity index (χ2v) is 6.34. The van der Waals surface area contributed by atoms with Gasteiger partial charge in [0.2, 0.25) is 5.91 Å². The first-order valence-electron chi connectivity index (χ1n) is 8.48. The van der Waals surface area contributed by atoms with Gasteiger partial charge < -0.3 is 14.2 Å². The number of hydrogen-bond acceptors (Lipinski definition) is 6. The predicted octanol–water partition coefficient (Wildman–Crippen LogP) is 3.13. The molecule has 0 saturated heterocycles. The number of amides is 1. The molecule has 1 amide bonds. The molecule has 0 unspecified atom stereocenters. The van der Waals surface area contributed by atoms with Gasteiger partial charge in [-0.25, -0.2) is 4.79 Å². The topological polar surface area (TPSA) is 121 Å². The van der Waals surface area contributed by atoms with Gasteiger partial charge in [0.15, 0.2) is 5.58 Å². The van der Waals surface area contributed by atoms with E-state index in [1.54, 1.807) is 6.92 Å². The number of furan rings is 1. The van der Waals surface area contributed by atoms with E-state index in [2.05, 4.69) is 5.32 Å². The molecule has 4 rings (SSSR count). The Labute approximate surface area is 157 Å². The first kappa shape index (κ1) is 17.5. The molecule has 1 atom stereocenters. The normalized spacial score (nSPS) is 12.3. The summed E-state index contributed by atoms with van der Waals surface area (Å²) in [5.74, 6) is -0.590. The van der Waals surface area contributed by atoms with Crippen LogP contribution in [0.1, 0.15) is 18.7 Å². The van der Waals surface area contributed by atoms with Crippen LogP contribution in [0.5, 0.6) is 0 Å². The summed E-state index contributed by atoms with van der Waals surface area (Å²) in [6, 6.07) is 12.7. The second-order valence-electron chi connectivity index (χ2n) is 6.34. The van der Waals surface area contributed by atoms with E-state index in [1.165, 1.54) is 12.1 Å². The minimum absolute atomic E-state index is 0.0531. The minimum atomic E-state index is -0.762. The van der Waals surface area contributed by atoms with Crippen LogP contribution in [0.15, 0.2) is 62.2 Å². The molecule has 0 fully saturated rings. The van der Waals surface area contributed by atoms with Crippen molar-refractivity contribution < 1.29 is 18.6 Å². The lowest BCUT2D eigenvalue weighted by molar-refractivity contribution is -0.384. The Morgan fingerprint density at radius 2 is 1.96 bits per heavy atom. The molecule has 2 heterocycles. The molecular weight excluding hydrogens is 366 g/mol. The van der Waals surface area contributed by atoms with Crippen molar-refractivity contribution in [2.75, 3.05) is 0 Å². The number of nitrogens with zero attached hydrogens (tertiary/aromatic N) is 2. The van der Waals surface area contributed by atoms with Crippen LogP contribution in [-0.4, -0.2) is 15.4 Å². The van der Waals surface area contributed by atoms with Crippen LogP contribution in [0.4, 0.5) is 5.69 Å². The molecule has 9 nitrogen and oxygen atoms in total. The Morgan fingerprint density at radius 1 is 1.18 bits per heavy atom. The molecule has 1 N–H and O–H groups in total. The van der Waals surface area contributed by atoms with Crippen molar-refractivity contribution in [1.82, 2.24) is 9.88 Å². The maximum atomic E-state index is 12.4. The van der Waals surface area contributed by atoms with Crippen molar-refractivity contribution >= 4 is 33.7 Å². The summed E-state index contributed by atoms with van der Waals surface area (Å²) in [5.41, 5.74) is 0.882. The summed E-state index contributed by atoms with van der Waals surface area (Å²) < 4.78 is 11.9. The van der Waals surface area contributed by atoms with E-state index < -0.39 is 22.6 Å². The van der Waals surface area contributed by atoms with Gasteiger partial charge in [0.1, 0.15) is 17.9 Å². The number of para-hydroxylation sites is 1. The van der Waals surface area contributed by atoms with Gasteiger partial charge in [-0.1, -0.05) is 18.2 Å². The molecule has 2 aromatic carbocycles. The van der Waals surface area contributed by atoms with E-state index in [0.717, 1.165) is 21.6 Å². The molecule has 0 aliphatic heterocycles. The molecule has 0 saturated carbocycles. The van der Waals surface area contributed by atoms with Crippen molar-refractivity contribution in [2.45, 2.75) is 19.5 Å². The lowest BCUT2D eigenvalue weighted by Gasteiger charge is -2.11. The standard InChI is InChI=1S/C19H15N3O6/c1-11(16-8-12-4-2-3-5-15(12)27-16)20-18(23)10-21-14-7-6-13(22(25)26)9-17(14)28-19(21)24/h2-9,11H,10H2,1H3,(H,20,23)/t11-/m0/s1. The van der Waals surface area contributed by atoms with Gasteiger partial charge >= 0.3 is 5.76 Å². The third kappa shape index (κ3) is 3.13. The van der Waals surface area contributed by atoms with Gasteiger partial charge in [0.25, 0.3) is 5.69 Å². The number of benzene rings is 2.